The second-order valence-corrected chi connectivity index (χ2v) is 12.3. The van der Waals surface area contributed by atoms with E-state index in [0.717, 1.165) is 23.7 Å². The van der Waals surface area contributed by atoms with Gasteiger partial charge in [0.2, 0.25) is 0 Å². The molecule has 0 spiro atoms. The first-order valence-electron chi connectivity index (χ1n) is 12.9. The van der Waals surface area contributed by atoms with Gasteiger partial charge in [-0.05, 0) is 92.3 Å². The first-order valence-corrected chi connectivity index (χ1v) is 13.4. The van der Waals surface area contributed by atoms with E-state index in [0.29, 0.717) is 16.1 Å². The zero-order valence-corrected chi connectivity index (χ0v) is 19.9. The number of hydrogen-bond acceptors (Lipinski definition) is 1. The molecule has 0 nitrogen and oxygen atoms in total. The Morgan fingerprint density at radius 3 is 2.54 bits per heavy atom. The van der Waals surface area contributed by atoms with Gasteiger partial charge in [-0.25, -0.2) is 0 Å². The molecule has 0 aromatic heterocycles. The van der Waals surface area contributed by atoms with Crippen LogP contribution in [-0.2, 0) is 0 Å². The molecule has 160 valence electrons. The van der Waals surface area contributed by atoms with Crippen LogP contribution in [0.5, 0.6) is 0 Å². The van der Waals surface area contributed by atoms with Crippen LogP contribution in [0.1, 0.15) is 117 Å². The molecule has 3 saturated carbocycles. The summed E-state index contributed by atoms with van der Waals surface area (Å²) < 4.78 is 0. The normalized spacial score (nSPS) is 45.1. The summed E-state index contributed by atoms with van der Waals surface area (Å²) in [5, 5.41) is 0.623. The van der Waals surface area contributed by atoms with E-state index in [9.17, 15) is 0 Å². The van der Waals surface area contributed by atoms with Gasteiger partial charge < -0.3 is 0 Å². The van der Waals surface area contributed by atoms with Gasteiger partial charge in [0, 0.05) is 5.25 Å². The maximum Gasteiger partial charge on any atom is 0.00545 e. The lowest BCUT2D eigenvalue weighted by Gasteiger charge is -2.58. The average molecular weight is 403 g/mol. The number of thiol groups is 1. The van der Waals surface area contributed by atoms with Crippen molar-refractivity contribution < 1.29 is 0 Å². The highest BCUT2D eigenvalue weighted by molar-refractivity contribution is 7.80. The lowest BCUT2D eigenvalue weighted by atomic mass is 9.47. The number of allylic oxidation sites excluding steroid dienone is 2. The lowest BCUT2D eigenvalue weighted by molar-refractivity contribution is -0.0421. The van der Waals surface area contributed by atoms with Crippen molar-refractivity contribution in [1.29, 1.82) is 0 Å². The van der Waals surface area contributed by atoms with Gasteiger partial charge in [-0.3, -0.25) is 0 Å². The Kier molecular flexibility index (Phi) is 6.61. The molecule has 7 atom stereocenters. The van der Waals surface area contributed by atoms with E-state index in [4.69, 9.17) is 12.6 Å². The minimum atomic E-state index is 0.515. The van der Waals surface area contributed by atoms with Gasteiger partial charge in [0.25, 0.3) is 0 Å². The van der Waals surface area contributed by atoms with Crippen LogP contribution in [0.4, 0.5) is 0 Å². The van der Waals surface area contributed by atoms with Crippen molar-refractivity contribution in [2.45, 2.75) is 122 Å². The van der Waals surface area contributed by atoms with E-state index >= 15 is 0 Å². The fraction of sp³-hybridized carbons (Fsp3) is 0.926. The van der Waals surface area contributed by atoms with Gasteiger partial charge in [0.1, 0.15) is 0 Å². The molecule has 4 aliphatic rings. The summed E-state index contributed by atoms with van der Waals surface area (Å²) in [6.07, 6.45) is 24.5. The van der Waals surface area contributed by atoms with E-state index in [1.54, 1.807) is 5.57 Å². The Hall–Kier alpha value is 0.0900. The molecule has 0 aromatic rings. The van der Waals surface area contributed by atoms with Crippen LogP contribution in [0.2, 0.25) is 0 Å². The molecule has 0 aliphatic heterocycles. The zero-order chi connectivity index (χ0) is 19.8. The molecule has 0 radical (unpaired) electrons. The second-order valence-electron chi connectivity index (χ2n) is 11.5. The van der Waals surface area contributed by atoms with Crippen molar-refractivity contribution in [2.75, 3.05) is 0 Å². The molecule has 0 bridgehead atoms. The van der Waals surface area contributed by atoms with E-state index < -0.39 is 0 Å². The molecule has 4 rings (SSSR count). The van der Waals surface area contributed by atoms with Crippen LogP contribution in [0.15, 0.2) is 11.6 Å². The van der Waals surface area contributed by atoms with Crippen LogP contribution in [0, 0.1) is 34.5 Å². The van der Waals surface area contributed by atoms with Crippen LogP contribution in [0.3, 0.4) is 0 Å². The Morgan fingerprint density at radius 2 is 1.71 bits per heavy atom. The van der Waals surface area contributed by atoms with E-state index in [-0.39, 0.29) is 0 Å². The summed E-state index contributed by atoms with van der Waals surface area (Å²) in [6, 6.07) is 0. The quantitative estimate of drug-likeness (QED) is 0.246. The SMILES string of the molecule is CCCCCCCCC1CCC2C3CC=C4CC(S)CCC4(C)C3CCC12C. The first kappa shape index (κ1) is 21.3. The fourth-order valence-electron chi connectivity index (χ4n) is 8.40. The van der Waals surface area contributed by atoms with Crippen molar-refractivity contribution in [3.63, 3.8) is 0 Å². The molecule has 0 N–H and O–H groups in total. The molecule has 4 aliphatic carbocycles. The highest BCUT2D eigenvalue weighted by atomic mass is 32.1. The largest absolute Gasteiger partial charge is 0.176 e. The standard InChI is InChI=1S/C27H46S/c1-4-5-6-7-8-9-10-20-12-14-24-23-13-11-21-19-22(28)15-17-27(21,3)25(23)16-18-26(20,24)2/h11,20,22-25,28H,4-10,12-19H2,1-3H3. The first-order chi connectivity index (χ1) is 13.5. The van der Waals surface area contributed by atoms with Gasteiger partial charge in [0.05, 0.1) is 0 Å². The molecule has 0 heterocycles. The Labute approximate surface area is 181 Å². The van der Waals surface area contributed by atoms with Crippen molar-refractivity contribution in [3.8, 4) is 0 Å². The van der Waals surface area contributed by atoms with Crippen LogP contribution >= 0.6 is 12.6 Å². The monoisotopic (exact) mass is 402 g/mol. The summed E-state index contributed by atoms with van der Waals surface area (Å²) in [5.74, 6) is 3.99. The van der Waals surface area contributed by atoms with Crippen molar-refractivity contribution in [2.24, 2.45) is 34.5 Å². The molecular formula is C27H46S. The number of hydrogen-bond donors (Lipinski definition) is 1. The fourth-order valence-corrected chi connectivity index (χ4v) is 8.72. The van der Waals surface area contributed by atoms with Crippen molar-refractivity contribution in [1.82, 2.24) is 0 Å². The minimum Gasteiger partial charge on any atom is -0.176 e. The second kappa shape index (κ2) is 8.68. The topological polar surface area (TPSA) is 0 Å². The minimum absolute atomic E-state index is 0.515. The molecule has 7 unspecified atom stereocenters. The summed E-state index contributed by atoms with van der Waals surface area (Å²) in [6.45, 7) is 7.68. The third kappa shape index (κ3) is 3.76. The molecule has 1 heteroatoms. The Balaban J connectivity index is 1.39. The molecule has 3 fully saturated rings. The molecule has 28 heavy (non-hydrogen) atoms. The third-order valence-corrected chi connectivity index (χ3v) is 10.6. The molecule has 0 aromatic carbocycles. The highest BCUT2D eigenvalue weighted by Gasteiger charge is 2.58. The predicted octanol–water partition coefficient (Wildman–Crippen LogP) is 8.61. The summed E-state index contributed by atoms with van der Waals surface area (Å²) >= 11 is 4.84. The van der Waals surface area contributed by atoms with Gasteiger partial charge in [-0.2, -0.15) is 12.6 Å². The van der Waals surface area contributed by atoms with Crippen molar-refractivity contribution in [3.05, 3.63) is 11.6 Å². The smallest absolute Gasteiger partial charge is 0.00545 e. The Bertz CT molecular complexity index is 565. The molecule has 0 amide bonds. The maximum absolute atomic E-state index is 4.84. The Morgan fingerprint density at radius 1 is 0.929 bits per heavy atom. The highest BCUT2D eigenvalue weighted by Crippen LogP contribution is 2.66. The molecule has 0 saturated heterocycles. The lowest BCUT2D eigenvalue weighted by Crippen LogP contribution is -2.50. The van der Waals surface area contributed by atoms with Crippen LogP contribution in [0.25, 0.3) is 0 Å². The number of fused-ring (bicyclic) bond motifs is 5. The maximum atomic E-state index is 4.84. The van der Waals surface area contributed by atoms with E-state index in [1.165, 1.54) is 96.3 Å². The van der Waals surface area contributed by atoms with Gasteiger partial charge in [-0.1, -0.05) is 70.9 Å². The number of unbranched alkanes of at least 4 members (excludes halogenated alkanes) is 5. The molecular weight excluding hydrogens is 356 g/mol. The van der Waals surface area contributed by atoms with E-state index in [2.05, 4.69) is 26.8 Å². The third-order valence-electron chi connectivity index (χ3n) is 10.2. The summed E-state index contributed by atoms with van der Waals surface area (Å²) in [7, 11) is 0. The summed E-state index contributed by atoms with van der Waals surface area (Å²) in [4.78, 5) is 0. The van der Waals surface area contributed by atoms with Crippen molar-refractivity contribution >= 4 is 12.6 Å². The summed E-state index contributed by atoms with van der Waals surface area (Å²) in [5.41, 5.74) is 2.97. The predicted molar refractivity (Wildman–Crippen MR) is 126 cm³/mol. The van der Waals surface area contributed by atoms with E-state index in [1.807, 2.05) is 0 Å². The average Bonchev–Trinajstić information content (AvgIpc) is 3.01. The van der Waals surface area contributed by atoms with Gasteiger partial charge in [0.15, 0.2) is 0 Å². The number of rotatable bonds is 7. The zero-order valence-electron chi connectivity index (χ0n) is 19.0. The van der Waals surface area contributed by atoms with Crippen LogP contribution in [-0.4, -0.2) is 5.25 Å². The van der Waals surface area contributed by atoms with Gasteiger partial charge >= 0.3 is 0 Å². The van der Waals surface area contributed by atoms with Crippen LogP contribution < -0.4 is 0 Å². The van der Waals surface area contributed by atoms with Gasteiger partial charge in [-0.15, -0.1) is 0 Å².